The minimum absolute atomic E-state index is 0.0195. The lowest BCUT2D eigenvalue weighted by Crippen LogP contribution is -2.29. The molecule has 3 aromatic rings. The van der Waals surface area contributed by atoms with Crippen LogP contribution in [-0.4, -0.2) is 26.9 Å². The number of likely N-dealkylation sites (N-methyl/N-ethyl adjacent to an activating group) is 1. The van der Waals surface area contributed by atoms with Gasteiger partial charge < -0.3 is 15.2 Å². The lowest BCUT2D eigenvalue weighted by Gasteiger charge is -2.20. The minimum Gasteiger partial charge on any atom is -0.384 e. The highest BCUT2D eigenvalue weighted by molar-refractivity contribution is 5.92. The molecule has 5 heteroatoms. The first kappa shape index (κ1) is 17.7. The highest BCUT2D eigenvalue weighted by Crippen LogP contribution is 2.25. The lowest BCUT2D eigenvalue weighted by atomic mass is 10.1. The monoisotopic (exact) mass is 348 g/mol. The number of hydrogen-bond acceptors (Lipinski definition) is 3. The summed E-state index contributed by atoms with van der Waals surface area (Å²) in [6.45, 7) is 5.33. The summed E-state index contributed by atoms with van der Waals surface area (Å²) in [5.74, 6) is 0.448. The maximum absolute atomic E-state index is 12.6. The molecular formula is C21H24N4O. The van der Waals surface area contributed by atoms with Crippen molar-refractivity contribution >= 4 is 28.7 Å². The van der Waals surface area contributed by atoms with Crippen molar-refractivity contribution in [3.05, 3.63) is 65.5 Å². The van der Waals surface area contributed by atoms with Crippen molar-refractivity contribution in [1.82, 2.24) is 14.5 Å². The van der Waals surface area contributed by atoms with Crippen LogP contribution >= 0.6 is 0 Å². The first-order valence-electron chi connectivity index (χ1n) is 8.72. The number of nitrogens with zero attached hydrogens (tertiary/aromatic N) is 3. The van der Waals surface area contributed by atoms with Gasteiger partial charge in [0.15, 0.2) is 0 Å². The number of pyridine rings is 1. The lowest BCUT2D eigenvalue weighted by molar-refractivity contribution is -0.126. The summed E-state index contributed by atoms with van der Waals surface area (Å²) in [7, 11) is 2.05. The molecule has 2 heterocycles. The van der Waals surface area contributed by atoms with Gasteiger partial charge in [-0.1, -0.05) is 18.2 Å². The quantitative estimate of drug-likeness (QED) is 0.718. The Morgan fingerprint density at radius 3 is 2.69 bits per heavy atom. The molecule has 2 N–H and O–H groups in total. The number of hydrogen-bond donors (Lipinski definition) is 1. The van der Waals surface area contributed by atoms with E-state index in [9.17, 15) is 4.79 Å². The number of nitrogens with two attached hydrogens (primary N) is 1. The number of amides is 1. The maximum atomic E-state index is 12.6. The molecular weight excluding hydrogens is 324 g/mol. The summed E-state index contributed by atoms with van der Waals surface area (Å²) < 4.78 is 2.17. The average Bonchev–Trinajstić information content (AvgIpc) is 2.90. The standard InChI is InChI=1S/C21H24N4O/c1-4-25(21(26)12-10-16-9-11-20(22)23-13-16)14-19-15(2)17-7-5-6-8-18(17)24(19)3/h5-13H,4,14H2,1-3H3,(H2,22,23)/b12-10+. The molecule has 0 atom stereocenters. The Morgan fingerprint density at radius 2 is 2.04 bits per heavy atom. The van der Waals surface area contributed by atoms with Crippen LogP contribution in [0.5, 0.6) is 0 Å². The number of carbonyl (C=O) groups is 1. The zero-order chi connectivity index (χ0) is 18.7. The predicted octanol–water partition coefficient (Wildman–Crippen LogP) is 3.53. The number of fused-ring (bicyclic) bond motifs is 1. The zero-order valence-corrected chi connectivity index (χ0v) is 15.4. The van der Waals surface area contributed by atoms with E-state index in [0.29, 0.717) is 18.9 Å². The molecule has 0 bridgehead atoms. The average molecular weight is 348 g/mol. The third kappa shape index (κ3) is 3.47. The molecule has 0 spiro atoms. The fraction of sp³-hybridized carbons (Fsp3) is 0.238. The fourth-order valence-electron chi connectivity index (χ4n) is 3.17. The summed E-state index contributed by atoms with van der Waals surface area (Å²) >= 11 is 0. The van der Waals surface area contributed by atoms with E-state index in [1.807, 2.05) is 30.0 Å². The first-order valence-corrected chi connectivity index (χ1v) is 8.72. The Morgan fingerprint density at radius 1 is 1.27 bits per heavy atom. The number of para-hydroxylation sites is 1. The summed E-state index contributed by atoms with van der Waals surface area (Å²) in [5, 5.41) is 1.23. The van der Waals surface area contributed by atoms with E-state index in [1.165, 1.54) is 16.5 Å². The molecule has 3 rings (SSSR count). The van der Waals surface area contributed by atoms with Gasteiger partial charge in [0.25, 0.3) is 0 Å². The Hall–Kier alpha value is -3.08. The van der Waals surface area contributed by atoms with Gasteiger partial charge in [0.2, 0.25) is 5.91 Å². The molecule has 0 fully saturated rings. The second kappa shape index (κ2) is 7.44. The van der Waals surface area contributed by atoms with Crippen LogP contribution in [0.2, 0.25) is 0 Å². The molecule has 1 amide bonds. The highest BCUT2D eigenvalue weighted by atomic mass is 16.2. The van der Waals surface area contributed by atoms with Crippen molar-refractivity contribution in [2.45, 2.75) is 20.4 Å². The summed E-state index contributed by atoms with van der Waals surface area (Å²) in [5.41, 5.74) is 10.0. The van der Waals surface area contributed by atoms with Crippen LogP contribution < -0.4 is 5.73 Å². The molecule has 0 unspecified atom stereocenters. The van der Waals surface area contributed by atoms with E-state index in [2.05, 4.69) is 35.7 Å². The number of aromatic nitrogens is 2. The maximum Gasteiger partial charge on any atom is 0.246 e. The van der Waals surface area contributed by atoms with Crippen LogP contribution in [0.15, 0.2) is 48.7 Å². The number of nitrogen functional groups attached to an aromatic ring is 1. The molecule has 2 aromatic heterocycles. The minimum atomic E-state index is -0.0195. The topological polar surface area (TPSA) is 64.2 Å². The second-order valence-electron chi connectivity index (χ2n) is 6.35. The molecule has 0 saturated carbocycles. The van der Waals surface area contributed by atoms with E-state index in [-0.39, 0.29) is 5.91 Å². The third-order valence-corrected chi connectivity index (χ3v) is 4.77. The number of benzene rings is 1. The third-order valence-electron chi connectivity index (χ3n) is 4.77. The van der Waals surface area contributed by atoms with Crippen molar-refractivity contribution in [2.75, 3.05) is 12.3 Å². The smallest absolute Gasteiger partial charge is 0.246 e. The second-order valence-corrected chi connectivity index (χ2v) is 6.35. The van der Waals surface area contributed by atoms with Gasteiger partial charge >= 0.3 is 0 Å². The molecule has 0 radical (unpaired) electrons. The van der Waals surface area contributed by atoms with Gasteiger partial charge in [-0.2, -0.15) is 0 Å². The molecule has 134 valence electrons. The molecule has 26 heavy (non-hydrogen) atoms. The summed E-state index contributed by atoms with van der Waals surface area (Å²) in [6, 6.07) is 11.9. The van der Waals surface area contributed by atoms with Crippen LogP contribution in [0.4, 0.5) is 5.82 Å². The molecule has 1 aromatic carbocycles. The van der Waals surface area contributed by atoms with E-state index < -0.39 is 0 Å². The van der Waals surface area contributed by atoms with Gasteiger partial charge in [0.1, 0.15) is 5.82 Å². The Kier molecular flexibility index (Phi) is 5.07. The van der Waals surface area contributed by atoms with E-state index >= 15 is 0 Å². The molecule has 0 aliphatic rings. The van der Waals surface area contributed by atoms with Crippen LogP contribution in [0.3, 0.4) is 0 Å². The first-order chi connectivity index (χ1) is 12.5. The Labute approximate surface area is 153 Å². The molecule has 0 saturated heterocycles. The van der Waals surface area contributed by atoms with E-state index in [0.717, 1.165) is 11.3 Å². The predicted molar refractivity (Wildman–Crippen MR) is 106 cm³/mol. The summed E-state index contributed by atoms with van der Waals surface area (Å²) in [4.78, 5) is 18.5. The summed E-state index contributed by atoms with van der Waals surface area (Å²) in [6.07, 6.45) is 5.02. The number of carbonyl (C=O) groups excluding carboxylic acids is 1. The zero-order valence-electron chi connectivity index (χ0n) is 15.4. The van der Waals surface area contributed by atoms with Gasteiger partial charge in [0.05, 0.1) is 6.54 Å². The molecule has 0 aliphatic carbocycles. The van der Waals surface area contributed by atoms with Crippen molar-refractivity contribution in [2.24, 2.45) is 7.05 Å². The number of anilines is 1. The molecule has 0 aliphatic heterocycles. The van der Waals surface area contributed by atoms with Crippen LogP contribution in [0.25, 0.3) is 17.0 Å². The van der Waals surface area contributed by atoms with Crippen molar-refractivity contribution in [3.8, 4) is 0 Å². The van der Waals surface area contributed by atoms with Crippen LogP contribution in [0.1, 0.15) is 23.7 Å². The van der Waals surface area contributed by atoms with Crippen molar-refractivity contribution in [3.63, 3.8) is 0 Å². The Balaban J connectivity index is 1.81. The van der Waals surface area contributed by atoms with Gasteiger partial charge in [-0.15, -0.1) is 0 Å². The van der Waals surface area contributed by atoms with Crippen LogP contribution in [-0.2, 0) is 18.4 Å². The molecule has 5 nitrogen and oxygen atoms in total. The van der Waals surface area contributed by atoms with Crippen molar-refractivity contribution in [1.29, 1.82) is 0 Å². The van der Waals surface area contributed by atoms with Gasteiger partial charge in [0, 0.05) is 42.5 Å². The van der Waals surface area contributed by atoms with Gasteiger partial charge in [-0.25, -0.2) is 4.98 Å². The van der Waals surface area contributed by atoms with Crippen LogP contribution in [0, 0.1) is 6.92 Å². The normalized spacial score (nSPS) is 11.3. The largest absolute Gasteiger partial charge is 0.384 e. The SMILES string of the molecule is CCN(Cc1c(C)c2ccccc2n1C)C(=O)/C=C/c1ccc(N)nc1. The van der Waals surface area contributed by atoms with Gasteiger partial charge in [-0.3, -0.25) is 4.79 Å². The Bertz CT molecular complexity index is 915. The van der Waals surface area contributed by atoms with Crippen molar-refractivity contribution < 1.29 is 4.79 Å². The van der Waals surface area contributed by atoms with E-state index in [1.54, 1.807) is 24.4 Å². The number of aryl methyl sites for hydroxylation is 2. The number of rotatable bonds is 5. The van der Waals surface area contributed by atoms with E-state index in [4.69, 9.17) is 5.73 Å². The van der Waals surface area contributed by atoms with Gasteiger partial charge in [-0.05, 0) is 49.2 Å². The fourth-order valence-corrected chi connectivity index (χ4v) is 3.17. The highest BCUT2D eigenvalue weighted by Gasteiger charge is 2.16.